The summed E-state index contributed by atoms with van der Waals surface area (Å²) in [6.07, 6.45) is 2.33. The summed E-state index contributed by atoms with van der Waals surface area (Å²) in [6.45, 7) is 6.57. The van der Waals surface area contributed by atoms with Crippen LogP contribution >= 0.6 is 38.5 Å². The second-order valence-corrected chi connectivity index (χ2v) is 10.1. The molecular weight excluding hydrogens is 571 g/mol. The number of halogens is 2. The number of rotatable bonds is 7. The summed E-state index contributed by atoms with van der Waals surface area (Å²) in [6, 6.07) is 11.9. The van der Waals surface area contributed by atoms with Crippen molar-refractivity contribution in [3.05, 3.63) is 67.0 Å². The average Bonchev–Trinajstić information content (AvgIpc) is 3.47. The lowest BCUT2D eigenvalue weighted by Crippen LogP contribution is -2.25. The normalized spacial score (nSPS) is 13.3. The molecule has 0 spiro atoms. The Balaban J connectivity index is 1.72. The largest absolute Gasteiger partial charge is 0.355 e. The monoisotopic (exact) mass is 594 g/mol. The molecule has 2 aromatic carbocycles. The number of carbonyl (C=O) groups is 1. The van der Waals surface area contributed by atoms with Crippen molar-refractivity contribution in [2.24, 2.45) is 5.92 Å². The SMILES string of the molecule is Cc1cc(C)n(-c2cc(Nc3ccc(I)cc3C)c(C(=O)NOCC3CC3)cc2Br)n1. The van der Waals surface area contributed by atoms with Crippen LogP contribution in [-0.2, 0) is 4.84 Å². The van der Waals surface area contributed by atoms with E-state index in [0.29, 0.717) is 23.8 Å². The summed E-state index contributed by atoms with van der Waals surface area (Å²) < 4.78 is 3.80. The van der Waals surface area contributed by atoms with Crippen LogP contribution in [0.1, 0.15) is 40.2 Å². The van der Waals surface area contributed by atoms with Crippen LogP contribution in [-0.4, -0.2) is 22.3 Å². The fraction of sp³-hybridized carbons (Fsp3) is 0.304. The lowest BCUT2D eigenvalue weighted by atomic mass is 10.1. The Kier molecular flexibility index (Phi) is 6.68. The number of hydrogen-bond acceptors (Lipinski definition) is 4. The number of nitrogens with one attached hydrogen (secondary N) is 2. The number of carbonyl (C=O) groups excluding carboxylic acids is 1. The van der Waals surface area contributed by atoms with Crippen LogP contribution in [0.3, 0.4) is 0 Å². The molecule has 1 amide bonds. The van der Waals surface area contributed by atoms with Crippen LogP contribution < -0.4 is 10.8 Å². The molecular formula is C23H24BrIN4O2. The fourth-order valence-electron chi connectivity index (χ4n) is 3.37. The van der Waals surface area contributed by atoms with E-state index in [1.807, 2.05) is 55.8 Å². The van der Waals surface area contributed by atoms with Gasteiger partial charge in [-0.15, -0.1) is 0 Å². The third kappa shape index (κ3) is 5.30. The van der Waals surface area contributed by atoms with E-state index in [0.717, 1.165) is 49.2 Å². The second kappa shape index (κ2) is 9.30. The minimum absolute atomic E-state index is 0.285. The van der Waals surface area contributed by atoms with E-state index in [-0.39, 0.29) is 5.91 Å². The minimum atomic E-state index is -0.285. The van der Waals surface area contributed by atoms with Crippen LogP contribution in [0.2, 0.25) is 0 Å². The summed E-state index contributed by atoms with van der Waals surface area (Å²) >= 11 is 5.92. The Labute approximate surface area is 204 Å². The van der Waals surface area contributed by atoms with Gasteiger partial charge < -0.3 is 5.32 Å². The van der Waals surface area contributed by atoms with Crippen molar-refractivity contribution in [2.45, 2.75) is 33.6 Å². The summed E-state index contributed by atoms with van der Waals surface area (Å²) in [5, 5.41) is 8.04. The van der Waals surface area contributed by atoms with E-state index in [2.05, 4.69) is 60.5 Å². The molecule has 6 nitrogen and oxygen atoms in total. The maximum absolute atomic E-state index is 12.9. The van der Waals surface area contributed by atoms with Gasteiger partial charge in [0, 0.05) is 19.4 Å². The predicted octanol–water partition coefficient (Wildman–Crippen LogP) is 5.98. The third-order valence-electron chi connectivity index (χ3n) is 5.21. The standard InChI is InChI=1S/C23H24BrIN4O2/c1-13-8-17(25)6-7-20(13)26-21-11-22(29-15(3)9-14(2)27-29)19(24)10-18(21)23(30)28-31-12-16-4-5-16/h6-11,16,26H,4-5,12H2,1-3H3,(H,28,30). The number of amides is 1. The highest BCUT2D eigenvalue weighted by molar-refractivity contribution is 14.1. The van der Waals surface area contributed by atoms with Crippen LogP contribution in [0, 0.1) is 30.3 Å². The first-order chi connectivity index (χ1) is 14.8. The number of hydrogen-bond donors (Lipinski definition) is 2. The molecule has 0 radical (unpaired) electrons. The van der Waals surface area contributed by atoms with E-state index in [4.69, 9.17) is 4.84 Å². The van der Waals surface area contributed by atoms with Gasteiger partial charge in [0.05, 0.1) is 29.2 Å². The van der Waals surface area contributed by atoms with Crippen LogP contribution in [0.25, 0.3) is 5.69 Å². The lowest BCUT2D eigenvalue weighted by molar-refractivity contribution is 0.0271. The first-order valence-electron chi connectivity index (χ1n) is 10.1. The molecule has 1 aromatic heterocycles. The third-order valence-corrected chi connectivity index (χ3v) is 6.51. The van der Waals surface area contributed by atoms with Crippen molar-refractivity contribution >= 4 is 55.8 Å². The van der Waals surface area contributed by atoms with Crippen molar-refractivity contribution in [1.82, 2.24) is 15.3 Å². The summed E-state index contributed by atoms with van der Waals surface area (Å²) in [5.74, 6) is 0.277. The molecule has 0 atom stereocenters. The van der Waals surface area contributed by atoms with Gasteiger partial charge in [0.1, 0.15) is 0 Å². The Hall–Kier alpha value is -1.91. The van der Waals surface area contributed by atoms with E-state index in [1.54, 1.807) is 0 Å². The molecule has 0 unspecified atom stereocenters. The number of aryl methyl sites for hydroxylation is 3. The molecule has 2 N–H and O–H groups in total. The smallest absolute Gasteiger partial charge is 0.276 e. The molecule has 1 saturated carbocycles. The second-order valence-electron chi connectivity index (χ2n) is 7.96. The van der Waals surface area contributed by atoms with E-state index >= 15 is 0 Å². The van der Waals surface area contributed by atoms with Gasteiger partial charge in [-0.1, -0.05) is 0 Å². The summed E-state index contributed by atoms with van der Waals surface area (Å²) in [4.78, 5) is 18.4. The predicted molar refractivity (Wildman–Crippen MR) is 134 cm³/mol. The molecule has 31 heavy (non-hydrogen) atoms. The Bertz CT molecular complexity index is 1140. The molecule has 3 aromatic rings. The maximum atomic E-state index is 12.9. The minimum Gasteiger partial charge on any atom is -0.355 e. The molecule has 1 fully saturated rings. The summed E-state index contributed by atoms with van der Waals surface area (Å²) in [7, 11) is 0. The molecule has 1 heterocycles. The van der Waals surface area contributed by atoms with Gasteiger partial charge in [-0.2, -0.15) is 5.10 Å². The highest BCUT2D eigenvalue weighted by Gasteiger charge is 2.23. The van der Waals surface area contributed by atoms with E-state index in [9.17, 15) is 4.79 Å². The zero-order valence-electron chi connectivity index (χ0n) is 17.6. The highest BCUT2D eigenvalue weighted by Crippen LogP contribution is 2.33. The fourth-order valence-corrected chi connectivity index (χ4v) is 4.52. The number of benzene rings is 2. The molecule has 1 aliphatic rings. The average molecular weight is 595 g/mol. The van der Waals surface area contributed by atoms with Crippen molar-refractivity contribution in [1.29, 1.82) is 0 Å². The number of nitrogens with zero attached hydrogens (tertiary/aromatic N) is 2. The van der Waals surface area contributed by atoms with Crippen molar-refractivity contribution in [3.8, 4) is 5.69 Å². The molecule has 162 valence electrons. The molecule has 1 aliphatic carbocycles. The Morgan fingerprint density at radius 2 is 1.97 bits per heavy atom. The van der Waals surface area contributed by atoms with Crippen molar-refractivity contribution < 1.29 is 9.63 Å². The molecule has 0 saturated heterocycles. The highest BCUT2D eigenvalue weighted by atomic mass is 127. The molecule has 8 heteroatoms. The zero-order chi connectivity index (χ0) is 22.1. The molecule has 0 aliphatic heterocycles. The van der Waals surface area contributed by atoms with Crippen LogP contribution in [0.4, 0.5) is 11.4 Å². The molecule has 0 bridgehead atoms. The van der Waals surface area contributed by atoms with Gasteiger partial charge in [0.25, 0.3) is 5.91 Å². The quantitative estimate of drug-likeness (QED) is 0.261. The van der Waals surface area contributed by atoms with Gasteiger partial charge in [-0.25, -0.2) is 10.2 Å². The van der Waals surface area contributed by atoms with Gasteiger partial charge in [0.15, 0.2) is 0 Å². The first kappa shape index (κ1) is 22.3. The maximum Gasteiger partial charge on any atom is 0.276 e. The number of aromatic nitrogens is 2. The number of hydroxylamine groups is 1. The Morgan fingerprint density at radius 1 is 1.19 bits per heavy atom. The summed E-state index contributed by atoms with van der Waals surface area (Å²) in [5.41, 5.74) is 8.61. The van der Waals surface area contributed by atoms with Gasteiger partial charge >= 0.3 is 0 Å². The Morgan fingerprint density at radius 3 is 2.61 bits per heavy atom. The van der Waals surface area contributed by atoms with Crippen LogP contribution in [0.15, 0.2) is 40.9 Å². The molecule has 4 rings (SSSR count). The van der Waals surface area contributed by atoms with Gasteiger partial charge in [-0.05, 0) is 120 Å². The van der Waals surface area contributed by atoms with Crippen LogP contribution in [0.5, 0.6) is 0 Å². The van der Waals surface area contributed by atoms with Gasteiger partial charge in [0.2, 0.25) is 0 Å². The lowest BCUT2D eigenvalue weighted by Gasteiger charge is -2.17. The first-order valence-corrected chi connectivity index (χ1v) is 12.0. The van der Waals surface area contributed by atoms with Crippen molar-refractivity contribution in [3.63, 3.8) is 0 Å². The zero-order valence-corrected chi connectivity index (χ0v) is 21.4. The van der Waals surface area contributed by atoms with Crippen molar-refractivity contribution in [2.75, 3.05) is 11.9 Å². The topological polar surface area (TPSA) is 68.2 Å². The van der Waals surface area contributed by atoms with E-state index < -0.39 is 0 Å². The number of anilines is 2. The van der Waals surface area contributed by atoms with E-state index in [1.165, 1.54) is 0 Å². The van der Waals surface area contributed by atoms with Gasteiger partial charge in [-0.3, -0.25) is 9.63 Å².